The van der Waals surface area contributed by atoms with E-state index in [0.717, 1.165) is 11.1 Å². The summed E-state index contributed by atoms with van der Waals surface area (Å²) in [5, 5.41) is 2.91. The Hall–Kier alpha value is -0.890. The Morgan fingerprint density at radius 2 is 2.08 bits per heavy atom. The van der Waals surface area contributed by atoms with E-state index in [1.54, 1.807) is 7.05 Å². The molecule has 0 saturated carbocycles. The van der Waals surface area contributed by atoms with Crippen LogP contribution in [-0.2, 0) is 0 Å². The van der Waals surface area contributed by atoms with Gasteiger partial charge >= 0.3 is 0 Å². The number of alkyl halides is 1. The molecule has 2 unspecified atom stereocenters. The van der Waals surface area contributed by atoms with Crippen molar-refractivity contribution in [3.8, 4) is 0 Å². The molecule has 0 aliphatic rings. The van der Waals surface area contributed by atoms with E-state index < -0.39 is 6.17 Å². The highest BCUT2D eigenvalue weighted by Crippen LogP contribution is 2.21. The van der Waals surface area contributed by atoms with Gasteiger partial charge < -0.3 is 5.32 Å². The van der Waals surface area contributed by atoms with E-state index in [1.165, 1.54) is 0 Å². The third-order valence-corrected chi connectivity index (χ3v) is 2.25. The van der Waals surface area contributed by atoms with Crippen molar-refractivity contribution < 1.29 is 4.39 Å². The maximum Gasteiger partial charge on any atom is 0.140 e. The normalized spacial score (nSPS) is 15.4. The highest BCUT2D eigenvalue weighted by Gasteiger charge is 2.16. The fourth-order valence-corrected chi connectivity index (χ4v) is 1.28. The van der Waals surface area contributed by atoms with Gasteiger partial charge in [0.1, 0.15) is 6.17 Å². The van der Waals surface area contributed by atoms with Crippen molar-refractivity contribution in [2.75, 3.05) is 7.05 Å². The van der Waals surface area contributed by atoms with Crippen LogP contribution in [0.1, 0.15) is 24.2 Å². The van der Waals surface area contributed by atoms with Crippen molar-refractivity contribution in [2.24, 2.45) is 0 Å². The predicted octanol–water partition coefficient (Wildman–Crippen LogP) is 2.61. The van der Waals surface area contributed by atoms with Crippen molar-refractivity contribution in [2.45, 2.75) is 26.1 Å². The Morgan fingerprint density at radius 3 is 2.62 bits per heavy atom. The first kappa shape index (κ1) is 10.2. The van der Waals surface area contributed by atoms with E-state index in [0.29, 0.717) is 0 Å². The Morgan fingerprint density at radius 1 is 1.38 bits per heavy atom. The summed E-state index contributed by atoms with van der Waals surface area (Å²) >= 11 is 0. The van der Waals surface area contributed by atoms with Crippen molar-refractivity contribution in [1.82, 2.24) is 5.32 Å². The number of nitrogens with one attached hydrogen (secondary N) is 1. The summed E-state index contributed by atoms with van der Waals surface area (Å²) in [6.07, 6.45) is -0.926. The minimum Gasteiger partial charge on any atom is -0.314 e. The maximum atomic E-state index is 13.6. The maximum absolute atomic E-state index is 13.6. The molecule has 0 saturated heterocycles. The van der Waals surface area contributed by atoms with Gasteiger partial charge in [-0.25, -0.2) is 4.39 Å². The largest absolute Gasteiger partial charge is 0.314 e. The van der Waals surface area contributed by atoms with Gasteiger partial charge in [0.15, 0.2) is 0 Å². The smallest absolute Gasteiger partial charge is 0.140 e. The van der Waals surface area contributed by atoms with Crippen molar-refractivity contribution in [3.63, 3.8) is 0 Å². The SMILES string of the molecule is CNC(C)C(F)c1cccc(C)c1. The van der Waals surface area contributed by atoms with Crippen LogP contribution in [0.2, 0.25) is 0 Å². The van der Waals surface area contributed by atoms with E-state index in [4.69, 9.17) is 0 Å². The third kappa shape index (κ3) is 2.52. The number of benzene rings is 1. The number of halogens is 1. The lowest BCUT2D eigenvalue weighted by Crippen LogP contribution is -2.26. The quantitative estimate of drug-likeness (QED) is 0.755. The summed E-state index contributed by atoms with van der Waals surface area (Å²) in [4.78, 5) is 0. The summed E-state index contributed by atoms with van der Waals surface area (Å²) in [5.74, 6) is 0. The number of rotatable bonds is 3. The van der Waals surface area contributed by atoms with E-state index in [9.17, 15) is 4.39 Å². The molecule has 0 fully saturated rings. The zero-order valence-electron chi connectivity index (χ0n) is 8.34. The molecule has 0 heterocycles. The first-order valence-corrected chi connectivity index (χ1v) is 4.53. The molecule has 1 rings (SSSR count). The van der Waals surface area contributed by atoms with E-state index in [-0.39, 0.29) is 6.04 Å². The minimum absolute atomic E-state index is 0.137. The molecule has 1 aromatic rings. The lowest BCUT2D eigenvalue weighted by atomic mass is 10.0. The van der Waals surface area contributed by atoms with E-state index in [1.807, 2.05) is 38.1 Å². The van der Waals surface area contributed by atoms with Crippen LogP contribution in [0.3, 0.4) is 0 Å². The van der Waals surface area contributed by atoms with Gasteiger partial charge in [-0.3, -0.25) is 0 Å². The van der Waals surface area contributed by atoms with Gasteiger partial charge in [0, 0.05) is 6.04 Å². The Kier molecular flexibility index (Phi) is 3.43. The van der Waals surface area contributed by atoms with Crippen LogP contribution in [0, 0.1) is 6.92 Å². The highest BCUT2D eigenvalue weighted by molar-refractivity contribution is 5.24. The molecule has 0 radical (unpaired) electrons. The summed E-state index contributed by atoms with van der Waals surface area (Å²) in [6, 6.07) is 7.44. The lowest BCUT2D eigenvalue weighted by Gasteiger charge is -2.16. The fourth-order valence-electron chi connectivity index (χ4n) is 1.28. The molecule has 0 aromatic heterocycles. The predicted molar refractivity (Wildman–Crippen MR) is 53.5 cm³/mol. The average molecular weight is 181 g/mol. The zero-order valence-corrected chi connectivity index (χ0v) is 8.34. The van der Waals surface area contributed by atoms with Gasteiger partial charge in [0.2, 0.25) is 0 Å². The Labute approximate surface area is 79.0 Å². The van der Waals surface area contributed by atoms with E-state index >= 15 is 0 Å². The van der Waals surface area contributed by atoms with Gasteiger partial charge in [0.25, 0.3) is 0 Å². The summed E-state index contributed by atoms with van der Waals surface area (Å²) in [7, 11) is 1.77. The number of hydrogen-bond donors (Lipinski definition) is 1. The fraction of sp³-hybridized carbons (Fsp3) is 0.455. The summed E-state index contributed by atoms with van der Waals surface area (Å²) in [6.45, 7) is 3.81. The molecule has 2 atom stereocenters. The highest BCUT2D eigenvalue weighted by atomic mass is 19.1. The first-order valence-electron chi connectivity index (χ1n) is 4.53. The van der Waals surface area contributed by atoms with Crippen LogP contribution in [0.25, 0.3) is 0 Å². The average Bonchev–Trinajstić information content (AvgIpc) is 2.15. The Bertz CT molecular complexity index is 273. The molecule has 0 bridgehead atoms. The minimum atomic E-state index is -0.926. The molecule has 13 heavy (non-hydrogen) atoms. The van der Waals surface area contributed by atoms with E-state index in [2.05, 4.69) is 5.32 Å². The second-order valence-corrected chi connectivity index (χ2v) is 3.39. The van der Waals surface area contributed by atoms with Crippen LogP contribution in [0.5, 0.6) is 0 Å². The number of likely N-dealkylation sites (N-methyl/N-ethyl adjacent to an activating group) is 1. The van der Waals surface area contributed by atoms with Crippen LogP contribution in [0.4, 0.5) is 4.39 Å². The van der Waals surface area contributed by atoms with Gasteiger partial charge in [-0.15, -0.1) is 0 Å². The van der Waals surface area contributed by atoms with Gasteiger partial charge in [0.05, 0.1) is 0 Å². The number of aryl methyl sites for hydroxylation is 1. The number of hydrogen-bond acceptors (Lipinski definition) is 1. The molecule has 0 aliphatic carbocycles. The monoisotopic (exact) mass is 181 g/mol. The second kappa shape index (κ2) is 4.38. The van der Waals surface area contributed by atoms with Gasteiger partial charge in [-0.1, -0.05) is 29.8 Å². The zero-order chi connectivity index (χ0) is 9.84. The van der Waals surface area contributed by atoms with Crippen LogP contribution in [-0.4, -0.2) is 13.1 Å². The molecule has 0 aliphatic heterocycles. The second-order valence-electron chi connectivity index (χ2n) is 3.39. The molecule has 0 amide bonds. The lowest BCUT2D eigenvalue weighted by molar-refractivity contribution is 0.275. The van der Waals surface area contributed by atoms with Crippen LogP contribution >= 0.6 is 0 Å². The molecule has 1 nitrogen and oxygen atoms in total. The summed E-state index contributed by atoms with van der Waals surface area (Å²) < 4.78 is 13.6. The summed E-state index contributed by atoms with van der Waals surface area (Å²) in [5.41, 5.74) is 1.85. The molecule has 1 aromatic carbocycles. The molecule has 0 spiro atoms. The van der Waals surface area contributed by atoms with Gasteiger partial charge in [-0.05, 0) is 26.5 Å². The first-order chi connectivity index (χ1) is 6.15. The Balaban J connectivity index is 2.82. The van der Waals surface area contributed by atoms with Crippen LogP contribution in [0.15, 0.2) is 24.3 Å². The molecule has 1 N–H and O–H groups in total. The molecular formula is C11H16FN. The molecule has 72 valence electrons. The van der Waals surface area contributed by atoms with Crippen molar-refractivity contribution in [1.29, 1.82) is 0 Å². The van der Waals surface area contributed by atoms with Crippen molar-refractivity contribution in [3.05, 3.63) is 35.4 Å². The van der Waals surface area contributed by atoms with Crippen LogP contribution < -0.4 is 5.32 Å². The van der Waals surface area contributed by atoms with Gasteiger partial charge in [-0.2, -0.15) is 0 Å². The standard InChI is InChI=1S/C11H16FN/c1-8-5-4-6-10(7-8)11(12)9(2)13-3/h4-7,9,11,13H,1-3H3. The molecular weight excluding hydrogens is 165 g/mol. The molecule has 2 heteroatoms. The topological polar surface area (TPSA) is 12.0 Å². The van der Waals surface area contributed by atoms with Crippen molar-refractivity contribution >= 4 is 0 Å². The third-order valence-electron chi connectivity index (χ3n) is 2.25.